The van der Waals surface area contributed by atoms with E-state index in [9.17, 15) is 14.7 Å². The second-order valence-electron chi connectivity index (χ2n) is 6.75. The van der Waals surface area contributed by atoms with Gasteiger partial charge in [0.2, 0.25) is 5.91 Å². The summed E-state index contributed by atoms with van der Waals surface area (Å²) >= 11 is 0. The van der Waals surface area contributed by atoms with Crippen molar-refractivity contribution in [3.63, 3.8) is 0 Å². The van der Waals surface area contributed by atoms with E-state index in [-0.39, 0.29) is 12.0 Å². The Balaban J connectivity index is 1.85. The van der Waals surface area contributed by atoms with Gasteiger partial charge in [-0.3, -0.25) is 4.79 Å². The first-order valence-corrected chi connectivity index (χ1v) is 8.82. The van der Waals surface area contributed by atoms with Crippen LogP contribution in [0.5, 0.6) is 0 Å². The fourth-order valence-corrected chi connectivity index (χ4v) is 3.33. The summed E-state index contributed by atoms with van der Waals surface area (Å²) in [5.74, 6) is -1.28. The molecule has 1 saturated carbocycles. The summed E-state index contributed by atoms with van der Waals surface area (Å²) in [6.07, 6.45) is 7.23. The third-order valence-corrected chi connectivity index (χ3v) is 4.90. The molecule has 2 atom stereocenters. The number of carbonyl (C=O) groups is 2. The monoisotopic (exact) mass is 327 g/mol. The second kappa shape index (κ2) is 8.64. The Hall–Kier alpha value is -1.14. The van der Waals surface area contributed by atoms with E-state index >= 15 is 0 Å². The van der Waals surface area contributed by atoms with Crippen molar-refractivity contribution in [1.29, 1.82) is 0 Å². The number of hydrogen-bond acceptors (Lipinski definition) is 4. The van der Waals surface area contributed by atoms with Crippen LogP contribution >= 0.6 is 0 Å². The molecule has 0 bridgehead atoms. The molecule has 0 aromatic heterocycles. The number of carboxylic acid groups (broad SMARTS) is 1. The average molecular weight is 327 g/mol. The summed E-state index contributed by atoms with van der Waals surface area (Å²) < 4.78 is 11.2. The number of nitrogens with one attached hydrogen (secondary N) is 1. The van der Waals surface area contributed by atoms with Gasteiger partial charge in [-0.05, 0) is 39.0 Å². The van der Waals surface area contributed by atoms with E-state index in [1.54, 1.807) is 6.92 Å². The number of rotatable bonds is 6. The zero-order chi connectivity index (χ0) is 16.7. The molecule has 1 aliphatic heterocycles. The van der Waals surface area contributed by atoms with Gasteiger partial charge in [-0.2, -0.15) is 0 Å². The van der Waals surface area contributed by atoms with Gasteiger partial charge in [-0.1, -0.05) is 25.7 Å². The van der Waals surface area contributed by atoms with Crippen LogP contribution in [0.4, 0.5) is 0 Å². The van der Waals surface area contributed by atoms with Crippen LogP contribution < -0.4 is 5.32 Å². The fourth-order valence-electron chi connectivity index (χ4n) is 3.33. The predicted molar refractivity (Wildman–Crippen MR) is 85.2 cm³/mol. The molecule has 1 amide bonds. The van der Waals surface area contributed by atoms with Crippen molar-refractivity contribution >= 4 is 11.9 Å². The highest BCUT2D eigenvalue weighted by Crippen LogP contribution is 2.27. The first kappa shape index (κ1) is 18.2. The van der Waals surface area contributed by atoms with Gasteiger partial charge in [0.15, 0.2) is 0 Å². The number of hydrogen-bond donors (Lipinski definition) is 2. The molecule has 132 valence electrons. The third-order valence-electron chi connectivity index (χ3n) is 4.90. The van der Waals surface area contributed by atoms with Crippen LogP contribution in [0.3, 0.4) is 0 Å². The zero-order valence-electron chi connectivity index (χ0n) is 14.0. The molecule has 0 aromatic rings. The maximum atomic E-state index is 12.4. The lowest BCUT2D eigenvalue weighted by Gasteiger charge is -2.31. The molecule has 1 saturated heterocycles. The summed E-state index contributed by atoms with van der Waals surface area (Å²) in [7, 11) is 0. The second-order valence-corrected chi connectivity index (χ2v) is 6.75. The lowest BCUT2D eigenvalue weighted by atomic mass is 9.90. The van der Waals surface area contributed by atoms with Gasteiger partial charge >= 0.3 is 5.97 Å². The molecule has 1 heterocycles. The van der Waals surface area contributed by atoms with E-state index in [2.05, 4.69) is 5.32 Å². The molecule has 6 nitrogen and oxygen atoms in total. The third kappa shape index (κ3) is 5.18. The molecule has 0 radical (unpaired) electrons. The largest absolute Gasteiger partial charge is 0.480 e. The van der Waals surface area contributed by atoms with Crippen LogP contribution in [0.2, 0.25) is 0 Å². The Bertz CT molecular complexity index is 398. The molecular formula is C17H29NO5. The van der Waals surface area contributed by atoms with Crippen LogP contribution in [0.1, 0.15) is 64.7 Å². The molecule has 2 rings (SSSR count). The van der Waals surface area contributed by atoms with Crippen molar-refractivity contribution in [2.24, 2.45) is 0 Å². The van der Waals surface area contributed by atoms with Crippen molar-refractivity contribution < 1.29 is 24.2 Å². The summed E-state index contributed by atoms with van der Waals surface area (Å²) in [5.41, 5.74) is -1.13. The Labute approximate surface area is 137 Å². The minimum absolute atomic E-state index is 0.0466. The highest BCUT2D eigenvalue weighted by molar-refractivity contribution is 5.89. The molecule has 2 fully saturated rings. The molecule has 2 unspecified atom stereocenters. The van der Waals surface area contributed by atoms with Gasteiger partial charge in [-0.25, -0.2) is 4.79 Å². The lowest BCUT2D eigenvalue weighted by molar-refractivity contribution is -0.151. The number of ether oxygens (including phenoxy) is 2. The summed E-state index contributed by atoms with van der Waals surface area (Å²) in [4.78, 5) is 24.1. The van der Waals surface area contributed by atoms with Gasteiger partial charge in [0, 0.05) is 6.61 Å². The number of carbonyl (C=O) groups excluding carboxylic acids is 1. The minimum Gasteiger partial charge on any atom is -0.480 e. The van der Waals surface area contributed by atoms with Gasteiger partial charge in [0.25, 0.3) is 0 Å². The van der Waals surface area contributed by atoms with Gasteiger partial charge in [0.05, 0.1) is 12.7 Å². The summed E-state index contributed by atoms with van der Waals surface area (Å²) in [5, 5.41) is 12.4. The van der Waals surface area contributed by atoms with E-state index in [1.807, 2.05) is 0 Å². The fraction of sp³-hybridized carbons (Fsp3) is 0.882. The molecule has 0 spiro atoms. The van der Waals surface area contributed by atoms with Crippen molar-refractivity contribution in [2.75, 3.05) is 13.2 Å². The maximum absolute atomic E-state index is 12.4. The van der Waals surface area contributed by atoms with Crippen molar-refractivity contribution in [1.82, 2.24) is 5.32 Å². The number of carboxylic acids is 1. The smallest absolute Gasteiger partial charge is 0.329 e. The topological polar surface area (TPSA) is 84.9 Å². The summed E-state index contributed by atoms with van der Waals surface area (Å²) in [6, 6.07) is 0. The van der Waals surface area contributed by atoms with Crippen LogP contribution in [0.15, 0.2) is 0 Å². The van der Waals surface area contributed by atoms with Crippen LogP contribution in [-0.2, 0) is 19.1 Å². The highest BCUT2D eigenvalue weighted by atomic mass is 16.5. The van der Waals surface area contributed by atoms with Gasteiger partial charge in [-0.15, -0.1) is 0 Å². The predicted octanol–water partition coefficient (Wildman–Crippen LogP) is 2.25. The Morgan fingerprint density at radius 2 is 1.91 bits per heavy atom. The molecule has 0 aromatic carbocycles. The highest BCUT2D eigenvalue weighted by Gasteiger charge is 2.41. The first-order valence-electron chi connectivity index (χ1n) is 8.82. The molecule has 6 heteroatoms. The van der Waals surface area contributed by atoms with E-state index in [4.69, 9.17) is 9.47 Å². The molecule has 2 N–H and O–H groups in total. The van der Waals surface area contributed by atoms with Crippen LogP contribution in [-0.4, -0.2) is 47.9 Å². The van der Waals surface area contributed by atoms with Crippen molar-refractivity contribution in [2.45, 2.75) is 82.5 Å². The van der Waals surface area contributed by atoms with Gasteiger partial charge < -0.3 is 19.9 Å². The van der Waals surface area contributed by atoms with E-state index < -0.39 is 17.6 Å². The number of amides is 1. The average Bonchev–Trinajstić information content (AvgIpc) is 2.80. The van der Waals surface area contributed by atoms with Crippen molar-refractivity contribution in [3.8, 4) is 0 Å². The normalized spacial score (nSPS) is 26.0. The van der Waals surface area contributed by atoms with E-state index in [0.717, 1.165) is 51.6 Å². The lowest BCUT2D eigenvalue weighted by Crippen LogP contribution is -2.56. The summed E-state index contributed by atoms with van der Waals surface area (Å²) in [6.45, 7) is 2.80. The Morgan fingerprint density at radius 1 is 1.22 bits per heavy atom. The molecule has 2 aliphatic rings. The zero-order valence-corrected chi connectivity index (χ0v) is 14.0. The standard InChI is InChI=1S/C17H29NO5/c1-13(23-12-14-8-4-7-11-22-14)15(19)18-17(16(20)21)9-5-2-3-6-10-17/h13-14H,2-12H2,1H3,(H,18,19)(H,20,21). The van der Waals surface area contributed by atoms with Crippen molar-refractivity contribution in [3.05, 3.63) is 0 Å². The van der Waals surface area contributed by atoms with E-state index in [1.165, 1.54) is 0 Å². The first-order chi connectivity index (χ1) is 11.0. The minimum atomic E-state index is -1.13. The SMILES string of the molecule is CC(OCC1CCCCO1)C(=O)NC1(C(=O)O)CCCCCC1. The van der Waals surface area contributed by atoms with E-state index in [0.29, 0.717) is 19.4 Å². The molecular weight excluding hydrogens is 298 g/mol. The molecule has 23 heavy (non-hydrogen) atoms. The van der Waals surface area contributed by atoms with Crippen LogP contribution in [0, 0.1) is 0 Å². The maximum Gasteiger partial charge on any atom is 0.329 e. The quantitative estimate of drug-likeness (QED) is 0.731. The number of aliphatic carboxylic acids is 1. The van der Waals surface area contributed by atoms with Gasteiger partial charge in [0.1, 0.15) is 11.6 Å². The van der Waals surface area contributed by atoms with Crippen LogP contribution in [0.25, 0.3) is 0 Å². The Kier molecular flexibility index (Phi) is 6.84. The Morgan fingerprint density at radius 3 is 2.48 bits per heavy atom. The molecule has 1 aliphatic carbocycles.